The van der Waals surface area contributed by atoms with Crippen LogP contribution in [0.15, 0.2) is 24.3 Å². The second-order valence-electron chi connectivity index (χ2n) is 5.25. The largest absolute Gasteiger partial charge is 0.301 e. The van der Waals surface area contributed by atoms with E-state index in [0.29, 0.717) is 5.13 Å². The summed E-state index contributed by atoms with van der Waals surface area (Å²) < 4.78 is 1.11. The maximum absolute atomic E-state index is 12.3. The summed E-state index contributed by atoms with van der Waals surface area (Å²) in [6.45, 7) is 4.02. The van der Waals surface area contributed by atoms with Gasteiger partial charge in [-0.1, -0.05) is 29.9 Å². The molecule has 1 atom stereocenters. The molecule has 0 bridgehead atoms. The average molecular weight is 289 g/mol. The first-order chi connectivity index (χ1) is 9.74. The Morgan fingerprint density at radius 1 is 1.30 bits per heavy atom. The fourth-order valence-electron chi connectivity index (χ4n) is 2.61. The second-order valence-corrected chi connectivity index (χ2v) is 6.28. The molecule has 0 radical (unpaired) electrons. The minimum absolute atomic E-state index is 0.0472. The van der Waals surface area contributed by atoms with Crippen LogP contribution >= 0.6 is 11.3 Å². The van der Waals surface area contributed by atoms with Gasteiger partial charge in [-0.15, -0.1) is 0 Å². The molecule has 1 aromatic heterocycles. The number of rotatable bonds is 3. The number of hydrogen-bond donors (Lipinski definition) is 1. The van der Waals surface area contributed by atoms with Gasteiger partial charge in [0.2, 0.25) is 5.91 Å². The van der Waals surface area contributed by atoms with Crippen molar-refractivity contribution in [2.45, 2.75) is 32.2 Å². The average Bonchev–Trinajstić information content (AvgIpc) is 2.89. The molecule has 0 spiro atoms. The van der Waals surface area contributed by atoms with Gasteiger partial charge in [-0.2, -0.15) is 0 Å². The van der Waals surface area contributed by atoms with Gasteiger partial charge in [0.25, 0.3) is 0 Å². The lowest BCUT2D eigenvalue weighted by molar-refractivity contribution is -0.121. The number of aromatic nitrogens is 1. The molecule has 1 aliphatic rings. The van der Waals surface area contributed by atoms with Gasteiger partial charge >= 0.3 is 0 Å². The second kappa shape index (κ2) is 5.89. The molecule has 1 fully saturated rings. The Morgan fingerprint density at radius 3 is 2.80 bits per heavy atom. The van der Waals surface area contributed by atoms with Gasteiger partial charge in [0.1, 0.15) is 0 Å². The van der Waals surface area contributed by atoms with Crippen LogP contribution in [-0.2, 0) is 4.79 Å². The molecule has 3 rings (SSSR count). The summed E-state index contributed by atoms with van der Waals surface area (Å²) in [5.41, 5.74) is 0.943. The molecule has 1 amide bonds. The SMILES string of the molecule is C[C@@H](C(=O)Nc1nc2ccccc2s1)N1CCCCC1. The molecule has 0 unspecified atom stereocenters. The molecule has 1 aromatic carbocycles. The van der Waals surface area contributed by atoms with Crippen molar-refractivity contribution in [3.8, 4) is 0 Å². The van der Waals surface area contributed by atoms with Gasteiger partial charge in [0.05, 0.1) is 16.3 Å². The number of hydrogen-bond acceptors (Lipinski definition) is 4. The maximum atomic E-state index is 12.3. The highest BCUT2D eigenvalue weighted by Crippen LogP contribution is 2.25. The number of carbonyl (C=O) groups is 1. The molecular weight excluding hydrogens is 270 g/mol. The zero-order chi connectivity index (χ0) is 13.9. The zero-order valence-corrected chi connectivity index (χ0v) is 12.4. The number of carbonyl (C=O) groups excluding carboxylic acids is 1. The van der Waals surface area contributed by atoms with Crippen molar-refractivity contribution in [3.63, 3.8) is 0 Å². The maximum Gasteiger partial charge on any atom is 0.243 e. The van der Waals surface area contributed by atoms with Crippen LogP contribution in [0.25, 0.3) is 10.2 Å². The first kappa shape index (κ1) is 13.5. The third-order valence-corrected chi connectivity index (χ3v) is 4.79. The number of likely N-dealkylation sites (tertiary alicyclic amines) is 1. The highest BCUT2D eigenvalue weighted by molar-refractivity contribution is 7.22. The quantitative estimate of drug-likeness (QED) is 0.944. The molecule has 1 saturated heterocycles. The van der Waals surface area contributed by atoms with Crippen molar-refractivity contribution in [1.29, 1.82) is 0 Å². The van der Waals surface area contributed by atoms with Crippen molar-refractivity contribution < 1.29 is 4.79 Å². The number of piperidine rings is 1. The highest BCUT2D eigenvalue weighted by atomic mass is 32.1. The van der Waals surface area contributed by atoms with Gasteiger partial charge in [-0.25, -0.2) is 4.98 Å². The molecule has 1 aliphatic heterocycles. The number of benzene rings is 1. The van der Waals surface area contributed by atoms with E-state index in [1.54, 1.807) is 0 Å². The van der Waals surface area contributed by atoms with Crippen LogP contribution in [0.1, 0.15) is 26.2 Å². The Labute approximate surface area is 122 Å². The van der Waals surface area contributed by atoms with Crippen molar-refractivity contribution in [2.75, 3.05) is 18.4 Å². The third-order valence-electron chi connectivity index (χ3n) is 3.84. The van der Waals surface area contributed by atoms with E-state index in [4.69, 9.17) is 0 Å². The highest BCUT2D eigenvalue weighted by Gasteiger charge is 2.23. The minimum Gasteiger partial charge on any atom is -0.301 e. The van der Waals surface area contributed by atoms with Crippen molar-refractivity contribution >= 4 is 32.6 Å². The van der Waals surface area contributed by atoms with E-state index in [0.717, 1.165) is 23.3 Å². The molecule has 0 saturated carbocycles. The van der Waals surface area contributed by atoms with Crippen molar-refractivity contribution in [1.82, 2.24) is 9.88 Å². The number of nitrogens with zero attached hydrogens (tertiary/aromatic N) is 2. The van der Waals surface area contributed by atoms with Gasteiger partial charge < -0.3 is 5.32 Å². The van der Waals surface area contributed by atoms with E-state index >= 15 is 0 Å². The Kier molecular flexibility index (Phi) is 3.98. The molecular formula is C15H19N3OS. The van der Waals surface area contributed by atoms with Crippen LogP contribution in [-0.4, -0.2) is 34.9 Å². The number of para-hydroxylation sites is 1. The van der Waals surface area contributed by atoms with Crippen LogP contribution in [0.2, 0.25) is 0 Å². The molecule has 106 valence electrons. The third kappa shape index (κ3) is 2.83. The lowest BCUT2D eigenvalue weighted by Gasteiger charge is -2.31. The molecule has 5 heteroatoms. The molecule has 0 aliphatic carbocycles. The Morgan fingerprint density at radius 2 is 2.05 bits per heavy atom. The van der Waals surface area contributed by atoms with Crippen molar-refractivity contribution in [2.24, 2.45) is 0 Å². The fraction of sp³-hybridized carbons (Fsp3) is 0.467. The van der Waals surface area contributed by atoms with Crippen LogP contribution in [0, 0.1) is 0 Å². The molecule has 2 aromatic rings. The molecule has 2 heterocycles. The summed E-state index contributed by atoms with van der Waals surface area (Å²) in [4.78, 5) is 19.0. The van der Waals surface area contributed by atoms with Gasteiger partial charge in [0, 0.05) is 0 Å². The van der Waals surface area contributed by atoms with Crippen LogP contribution in [0.4, 0.5) is 5.13 Å². The molecule has 4 nitrogen and oxygen atoms in total. The van der Waals surface area contributed by atoms with Crippen LogP contribution < -0.4 is 5.32 Å². The van der Waals surface area contributed by atoms with Crippen LogP contribution in [0.5, 0.6) is 0 Å². The van der Waals surface area contributed by atoms with Crippen LogP contribution in [0.3, 0.4) is 0 Å². The Hall–Kier alpha value is -1.46. The van der Waals surface area contributed by atoms with E-state index in [1.807, 2.05) is 31.2 Å². The number of thiazole rings is 1. The van der Waals surface area contributed by atoms with E-state index in [9.17, 15) is 4.79 Å². The topological polar surface area (TPSA) is 45.2 Å². The zero-order valence-electron chi connectivity index (χ0n) is 11.6. The summed E-state index contributed by atoms with van der Waals surface area (Å²) >= 11 is 1.53. The number of fused-ring (bicyclic) bond motifs is 1. The van der Waals surface area contributed by atoms with E-state index in [2.05, 4.69) is 15.2 Å². The lowest BCUT2D eigenvalue weighted by Crippen LogP contribution is -2.44. The van der Waals surface area contributed by atoms with Crippen molar-refractivity contribution in [3.05, 3.63) is 24.3 Å². The smallest absolute Gasteiger partial charge is 0.243 e. The number of anilines is 1. The summed E-state index contributed by atoms with van der Waals surface area (Å²) in [6.07, 6.45) is 3.67. The Bertz CT molecular complexity index is 571. The fourth-order valence-corrected chi connectivity index (χ4v) is 3.48. The predicted octanol–water partition coefficient (Wildman–Crippen LogP) is 3.11. The number of nitrogens with one attached hydrogen (secondary N) is 1. The molecule has 20 heavy (non-hydrogen) atoms. The first-order valence-electron chi connectivity index (χ1n) is 7.14. The summed E-state index contributed by atoms with van der Waals surface area (Å²) in [7, 11) is 0. The van der Waals surface area contributed by atoms with Gasteiger partial charge in [0.15, 0.2) is 5.13 Å². The summed E-state index contributed by atoms with van der Waals surface area (Å²) in [6, 6.07) is 7.86. The van der Waals surface area contributed by atoms with Gasteiger partial charge in [-0.05, 0) is 45.0 Å². The number of amides is 1. The first-order valence-corrected chi connectivity index (χ1v) is 7.96. The monoisotopic (exact) mass is 289 g/mol. The summed E-state index contributed by atoms with van der Waals surface area (Å²) in [5.74, 6) is 0.0472. The van der Waals surface area contributed by atoms with E-state index in [1.165, 1.54) is 30.6 Å². The molecule has 1 N–H and O–H groups in total. The normalized spacial score (nSPS) is 18.1. The summed E-state index contributed by atoms with van der Waals surface area (Å²) in [5, 5.41) is 3.65. The van der Waals surface area contributed by atoms with E-state index < -0.39 is 0 Å². The minimum atomic E-state index is -0.0812. The predicted molar refractivity (Wildman–Crippen MR) is 83.1 cm³/mol. The Balaban J connectivity index is 1.68. The van der Waals surface area contributed by atoms with Gasteiger partial charge in [-0.3, -0.25) is 9.69 Å². The van der Waals surface area contributed by atoms with E-state index in [-0.39, 0.29) is 11.9 Å². The lowest BCUT2D eigenvalue weighted by atomic mass is 10.1. The standard InChI is InChI=1S/C15H19N3OS/c1-11(18-9-5-2-6-10-18)14(19)17-15-16-12-7-3-4-8-13(12)20-15/h3-4,7-8,11H,2,5-6,9-10H2,1H3,(H,16,17,19)/t11-/m0/s1.